The molecule has 0 aromatic heterocycles. The first-order valence-corrected chi connectivity index (χ1v) is 4.76. The Balaban J connectivity index is 2.68. The monoisotopic (exact) mass is 194 g/mol. The van der Waals surface area contributed by atoms with Gasteiger partial charge >= 0.3 is 0 Å². The molecular formula is C11H11ClO. The zero-order chi connectivity index (χ0) is 9.64. The third-order valence-electron chi connectivity index (χ3n) is 2.75. The van der Waals surface area contributed by atoms with Gasteiger partial charge in [0.05, 0.1) is 0 Å². The van der Waals surface area contributed by atoms with E-state index in [0.717, 1.165) is 11.1 Å². The normalized spacial score (nSPS) is 24.5. The molecule has 1 unspecified atom stereocenters. The molecule has 1 aromatic rings. The van der Waals surface area contributed by atoms with Crippen LogP contribution in [0.2, 0.25) is 0 Å². The zero-order valence-corrected chi connectivity index (χ0v) is 8.43. The Labute approximate surface area is 82.7 Å². The van der Waals surface area contributed by atoms with Crippen molar-refractivity contribution in [3.63, 3.8) is 0 Å². The summed E-state index contributed by atoms with van der Waals surface area (Å²) in [4.78, 5) is 11.7. The van der Waals surface area contributed by atoms with E-state index in [9.17, 15) is 4.79 Å². The van der Waals surface area contributed by atoms with Crippen molar-refractivity contribution >= 4 is 17.4 Å². The number of carbonyl (C=O) groups is 1. The molecule has 0 radical (unpaired) electrons. The summed E-state index contributed by atoms with van der Waals surface area (Å²) >= 11 is 6.07. The first-order valence-electron chi connectivity index (χ1n) is 4.33. The number of halogens is 1. The summed E-state index contributed by atoms with van der Waals surface area (Å²) in [7, 11) is 0. The van der Waals surface area contributed by atoms with Gasteiger partial charge in [0, 0.05) is 11.0 Å². The molecule has 0 amide bonds. The second-order valence-electron chi connectivity index (χ2n) is 3.99. The minimum atomic E-state index is -0.412. The highest BCUT2D eigenvalue weighted by atomic mass is 35.5. The summed E-state index contributed by atoms with van der Waals surface area (Å²) in [6.07, 6.45) is 0. The maximum atomic E-state index is 11.7. The molecule has 1 aromatic carbocycles. The molecular weight excluding hydrogens is 184 g/mol. The van der Waals surface area contributed by atoms with Crippen molar-refractivity contribution in [2.45, 2.75) is 24.6 Å². The predicted octanol–water partition coefficient (Wildman–Crippen LogP) is 2.77. The Morgan fingerprint density at radius 3 is 2.54 bits per heavy atom. The van der Waals surface area contributed by atoms with E-state index in [2.05, 4.69) is 0 Å². The fraction of sp³-hybridized carbons (Fsp3) is 0.364. The number of fused-ring (bicyclic) bond motifs is 1. The standard InChI is InChI=1S/C11H11ClO/c1-11(2)8-6-4-3-5-7(8)9(13)10(11)12/h3-6,10H,1-2H3. The molecule has 1 atom stereocenters. The van der Waals surface area contributed by atoms with Gasteiger partial charge in [-0.25, -0.2) is 0 Å². The van der Waals surface area contributed by atoms with Gasteiger partial charge < -0.3 is 0 Å². The Hall–Kier alpha value is -0.820. The van der Waals surface area contributed by atoms with E-state index in [1.165, 1.54) is 0 Å². The topological polar surface area (TPSA) is 17.1 Å². The minimum absolute atomic E-state index is 0.0577. The fourth-order valence-corrected chi connectivity index (χ4v) is 2.10. The Morgan fingerprint density at radius 1 is 1.31 bits per heavy atom. The van der Waals surface area contributed by atoms with Crippen LogP contribution in [0.3, 0.4) is 0 Å². The summed E-state index contributed by atoms with van der Waals surface area (Å²) in [5, 5.41) is -0.412. The third-order valence-corrected chi connectivity index (χ3v) is 3.49. The van der Waals surface area contributed by atoms with Crippen molar-refractivity contribution in [3.8, 4) is 0 Å². The lowest BCUT2D eigenvalue weighted by Gasteiger charge is -2.21. The summed E-state index contributed by atoms with van der Waals surface area (Å²) < 4.78 is 0. The van der Waals surface area contributed by atoms with Crippen LogP contribution in [0.5, 0.6) is 0 Å². The van der Waals surface area contributed by atoms with E-state index in [1.807, 2.05) is 38.1 Å². The molecule has 0 fully saturated rings. The second kappa shape index (κ2) is 2.58. The summed E-state index contributed by atoms with van der Waals surface area (Å²) in [6, 6.07) is 7.65. The van der Waals surface area contributed by atoms with Crippen molar-refractivity contribution in [2.24, 2.45) is 0 Å². The van der Waals surface area contributed by atoms with Crippen LogP contribution in [0.25, 0.3) is 0 Å². The average Bonchev–Trinajstić information content (AvgIpc) is 2.30. The van der Waals surface area contributed by atoms with E-state index in [0.29, 0.717) is 0 Å². The first-order chi connectivity index (χ1) is 6.05. The maximum Gasteiger partial charge on any atom is 0.181 e. The number of alkyl halides is 1. The lowest BCUT2D eigenvalue weighted by molar-refractivity contribution is 0.0984. The van der Waals surface area contributed by atoms with Crippen LogP contribution in [-0.4, -0.2) is 11.2 Å². The molecule has 68 valence electrons. The molecule has 0 bridgehead atoms. The predicted molar refractivity (Wildman–Crippen MR) is 53.4 cm³/mol. The largest absolute Gasteiger partial charge is 0.292 e. The van der Waals surface area contributed by atoms with E-state index in [1.54, 1.807) is 0 Å². The molecule has 0 saturated heterocycles. The molecule has 1 nitrogen and oxygen atoms in total. The van der Waals surface area contributed by atoms with Crippen molar-refractivity contribution in [3.05, 3.63) is 35.4 Å². The minimum Gasteiger partial charge on any atom is -0.292 e. The highest BCUT2D eigenvalue weighted by Gasteiger charge is 2.44. The van der Waals surface area contributed by atoms with Gasteiger partial charge in [-0.15, -0.1) is 11.6 Å². The molecule has 0 aliphatic heterocycles. The number of benzene rings is 1. The van der Waals surface area contributed by atoms with Gasteiger partial charge in [-0.2, -0.15) is 0 Å². The first kappa shape index (κ1) is 8.76. The maximum absolute atomic E-state index is 11.7. The number of hydrogen-bond donors (Lipinski definition) is 0. The Bertz CT molecular complexity index is 368. The zero-order valence-electron chi connectivity index (χ0n) is 7.67. The van der Waals surface area contributed by atoms with Gasteiger partial charge in [0.2, 0.25) is 0 Å². The molecule has 0 heterocycles. The van der Waals surface area contributed by atoms with Gasteiger partial charge in [-0.1, -0.05) is 38.1 Å². The van der Waals surface area contributed by atoms with Gasteiger partial charge in [0.25, 0.3) is 0 Å². The fourth-order valence-electron chi connectivity index (χ4n) is 1.86. The second-order valence-corrected chi connectivity index (χ2v) is 4.43. The smallest absolute Gasteiger partial charge is 0.181 e. The van der Waals surface area contributed by atoms with Crippen molar-refractivity contribution in [2.75, 3.05) is 0 Å². The molecule has 2 rings (SSSR count). The number of hydrogen-bond acceptors (Lipinski definition) is 1. The Morgan fingerprint density at radius 2 is 1.92 bits per heavy atom. The SMILES string of the molecule is CC1(C)c2ccccc2C(=O)C1Cl. The molecule has 0 saturated carbocycles. The van der Waals surface area contributed by atoms with Gasteiger partial charge in [0.1, 0.15) is 5.38 Å². The average molecular weight is 195 g/mol. The summed E-state index contributed by atoms with van der Waals surface area (Å²) in [5.41, 5.74) is 1.63. The van der Waals surface area contributed by atoms with Crippen LogP contribution in [-0.2, 0) is 5.41 Å². The highest BCUT2D eigenvalue weighted by Crippen LogP contribution is 2.41. The lowest BCUT2D eigenvalue weighted by atomic mass is 9.86. The molecule has 0 spiro atoms. The van der Waals surface area contributed by atoms with Gasteiger partial charge in [0.15, 0.2) is 5.78 Å². The van der Waals surface area contributed by atoms with Crippen molar-refractivity contribution in [1.82, 2.24) is 0 Å². The number of ketones is 1. The third kappa shape index (κ3) is 1.03. The van der Waals surface area contributed by atoms with Gasteiger partial charge in [-0.05, 0) is 5.56 Å². The van der Waals surface area contributed by atoms with Crippen LogP contribution >= 0.6 is 11.6 Å². The molecule has 1 aliphatic carbocycles. The lowest BCUT2D eigenvalue weighted by Crippen LogP contribution is -2.27. The van der Waals surface area contributed by atoms with E-state index in [4.69, 9.17) is 11.6 Å². The molecule has 13 heavy (non-hydrogen) atoms. The van der Waals surface area contributed by atoms with Crippen LogP contribution in [0, 0.1) is 0 Å². The summed E-state index contributed by atoms with van der Waals surface area (Å²) in [5.74, 6) is 0.0577. The molecule has 0 N–H and O–H groups in total. The van der Waals surface area contributed by atoms with E-state index in [-0.39, 0.29) is 11.2 Å². The quantitative estimate of drug-likeness (QED) is 0.581. The number of rotatable bonds is 0. The molecule has 2 heteroatoms. The Kier molecular flexibility index (Phi) is 1.74. The van der Waals surface area contributed by atoms with Gasteiger partial charge in [-0.3, -0.25) is 4.79 Å². The van der Waals surface area contributed by atoms with Crippen molar-refractivity contribution < 1.29 is 4.79 Å². The van der Waals surface area contributed by atoms with E-state index < -0.39 is 5.38 Å². The molecule has 1 aliphatic rings. The number of Topliss-reactive ketones (excluding diaryl/α,β-unsaturated/α-hetero) is 1. The number of carbonyl (C=O) groups excluding carboxylic acids is 1. The summed E-state index contributed by atoms with van der Waals surface area (Å²) in [6.45, 7) is 4.02. The van der Waals surface area contributed by atoms with E-state index >= 15 is 0 Å². The van der Waals surface area contributed by atoms with Crippen molar-refractivity contribution in [1.29, 1.82) is 0 Å². The van der Waals surface area contributed by atoms with Crippen LogP contribution < -0.4 is 0 Å². The highest BCUT2D eigenvalue weighted by molar-refractivity contribution is 6.36. The van der Waals surface area contributed by atoms with Crippen LogP contribution in [0.1, 0.15) is 29.8 Å². The van der Waals surface area contributed by atoms with Crippen LogP contribution in [0.4, 0.5) is 0 Å². The van der Waals surface area contributed by atoms with Crippen LogP contribution in [0.15, 0.2) is 24.3 Å².